The summed E-state index contributed by atoms with van der Waals surface area (Å²) in [5.41, 5.74) is 0. The van der Waals surface area contributed by atoms with Crippen LogP contribution in [0.15, 0.2) is 0 Å². The van der Waals surface area contributed by atoms with Gasteiger partial charge in [0, 0.05) is 12.1 Å². The standard InChI is InChI=1S/C14H27NO2/c1-10-8-12(9-11(2)17-10)15-13-6-4-3-5-7-14(13)16/h10-16H,3-9H2,1-2H3. The van der Waals surface area contributed by atoms with Crippen LogP contribution in [0.25, 0.3) is 0 Å². The summed E-state index contributed by atoms with van der Waals surface area (Å²) in [4.78, 5) is 0. The van der Waals surface area contributed by atoms with Gasteiger partial charge in [0.1, 0.15) is 0 Å². The quantitative estimate of drug-likeness (QED) is 0.728. The molecular formula is C14H27NO2. The molecule has 0 radical (unpaired) electrons. The molecule has 1 aliphatic heterocycles. The summed E-state index contributed by atoms with van der Waals surface area (Å²) >= 11 is 0. The molecule has 0 aromatic heterocycles. The lowest BCUT2D eigenvalue weighted by atomic mass is 9.97. The number of aliphatic hydroxyl groups is 1. The van der Waals surface area contributed by atoms with Crippen molar-refractivity contribution in [3.05, 3.63) is 0 Å². The molecule has 1 aliphatic carbocycles. The summed E-state index contributed by atoms with van der Waals surface area (Å²) in [6, 6.07) is 0.825. The topological polar surface area (TPSA) is 41.5 Å². The van der Waals surface area contributed by atoms with Crippen molar-refractivity contribution in [1.82, 2.24) is 5.32 Å². The highest BCUT2D eigenvalue weighted by Gasteiger charge is 2.29. The molecule has 0 aromatic rings. The van der Waals surface area contributed by atoms with Crippen molar-refractivity contribution in [2.24, 2.45) is 0 Å². The normalized spacial score (nSPS) is 44.3. The van der Waals surface area contributed by atoms with E-state index in [0.29, 0.717) is 24.3 Å². The summed E-state index contributed by atoms with van der Waals surface area (Å²) < 4.78 is 5.75. The zero-order valence-corrected chi connectivity index (χ0v) is 11.2. The number of aliphatic hydroxyl groups excluding tert-OH is 1. The molecule has 1 saturated heterocycles. The lowest BCUT2D eigenvalue weighted by Gasteiger charge is -2.36. The summed E-state index contributed by atoms with van der Waals surface area (Å²) in [5, 5.41) is 13.8. The highest BCUT2D eigenvalue weighted by atomic mass is 16.5. The number of hydrogen-bond donors (Lipinski definition) is 2. The Morgan fingerprint density at radius 2 is 1.65 bits per heavy atom. The van der Waals surface area contributed by atoms with Crippen LogP contribution in [-0.4, -0.2) is 35.5 Å². The lowest BCUT2D eigenvalue weighted by Crippen LogP contribution is -2.49. The van der Waals surface area contributed by atoms with E-state index in [4.69, 9.17) is 4.74 Å². The molecule has 4 atom stereocenters. The fourth-order valence-electron chi connectivity index (χ4n) is 3.33. The molecule has 4 unspecified atom stereocenters. The summed E-state index contributed by atoms with van der Waals surface area (Å²) in [5.74, 6) is 0. The second kappa shape index (κ2) is 6.17. The van der Waals surface area contributed by atoms with E-state index in [1.807, 2.05) is 0 Å². The maximum absolute atomic E-state index is 10.1. The van der Waals surface area contributed by atoms with Crippen molar-refractivity contribution in [3.63, 3.8) is 0 Å². The molecule has 2 aliphatic rings. The predicted octanol–water partition coefficient (Wildman–Crippen LogP) is 2.23. The molecule has 3 nitrogen and oxygen atoms in total. The minimum Gasteiger partial charge on any atom is -0.392 e. The molecular weight excluding hydrogens is 214 g/mol. The van der Waals surface area contributed by atoms with E-state index in [2.05, 4.69) is 19.2 Å². The zero-order valence-electron chi connectivity index (χ0n) is 11.2. The lowest BCUT2D eigenvalue weighted by molar-refractivity contribution is -0.0465. The Bertz CT molecular complexity index is 224. The van der Waals surface area contributed by atoms with Gasteiger partial charge in [0.05, 0.1) is 18.3 Å². The summed E-state index contributed by atoms with van der Waals surface area (Å²) in [6.07, 6.45) is 8.50. The molecule has 17 heavy (non-hydrogen) atoms. The monoisotopic (exact) mass is 241 g/mol. The minimum absolute atomic E-state index is 0.147. The van der Waals surface area contributed by atoms with E-state index in [1.165, 1.54) is 19.3 Å². The number of nitrogens with one attached hydrogen (secondary N) is 1. The molecule has 2 N–H and O–H groups in total. The largest absolute Gasteiger partial charge is 0.392 e. The van der Waals surface area contributed by atoms with Crippen molar-refractivity contribution >= 4 is 0 Å². The first-order valence-corrected chi connectivity index (χ1v) is 7.24. The number of ether oxygens (including phenoxy) is 1. The highest BCUT2D eigenvalue weighted by Crippen LogP contribution is 2.23. The van der Waals surface area contributed by atoms with Gasteiger partial charge in [-0.15, -0.1) is 0 Å². The summed E-state index contributed by atoms with van der Waals surface area (Å²) in [7, 11) is 0. The highest BCUT2D eigenvalue weighted by molar-refractivity contribution is 4.86. The molecule has 1 heterocycles. The maximum Gasteiger partial charge on any atom is 0.0693 e. The molecule has 0 amide bonds. The van der Waals surface area contributed by atoms with Gasteiger partial charge < -0.3 is 15.2 Å². The van der Waals surface area contributed by atoms with Crippen LogP contribution in [-0.2, 0) is 4.74 Å². The van der Waals surface area contributed by atoms with Gasteiger partial charge in [0.2, 0.25) is 0 Å². The Morgan fingerprint density at radius 1 is 1.00 bits per heavy atom. The molecule has 0 spiro atoms. The van der Waals surface area contributed by atoms with Crippen molar-refractivity contribution in [3.8, 4) is 0 Å². The third-order valence-corrected chi connectivity index (χ3v) is 4.13. The molecule has 0 aromatic carbocycles. The SMILES string of the molecule is CC1CC(NC2CCCCCC2O)CC(C)O1. The smallest absolute Gasteiger partial charge is 0.0693 e. The first kappa shape index (κ1) is 13.3. The Morgan fingerprint density at radius 3 is 2.35 bits per heavy atom. The van der Waals surface area contributed by atoms with E-state index in [9.17, 15) is 5.11 Å². The van der Waals surface area contributed by atoms with Crippen LogP contribution in [0.5, 0.6) is 0 Å². The molecule has 0 bridgehead atoms. The van der Waals surface area contributed by atoms with Crippen LogP contribution < -0.4 is 5.32 Å². The van der Waals surface area contributed by atoms with E-state index >= 15 is 0 Å². The third kappa shape index (κ3) is 3.94. The third-order valence-electron chi connectivity index (χ3n) is 4.13. The number of rotatable bonds is 2. The van der Waals surface area contributed by atoms with Crippen molar-refractivity contribution in [2.45, 2.75) is 89.2 Å². The van der Waals surface area contributed by atoms with Crippen LogP contribution >= 0.6 is 0 Å². The Kier molecular flexibility index (Phi) is 4.83. The van der Waals surface area contributed by atoms with Gasteiger partial charge >= 0.3 is 0 Å². The van der Waals surface area contributed by atoms with Crippen molar-refractivity contribution in [1.29, 1.82) is 0 Å². The summed E-state index contributed by atoms with van der Waals surface area (Å²) in [6.45, 7) is 4.29. The van der Waals surface area contributed by atoms with Gasteiger partial charge in [-0.3, -0.25) is 0 Å². The predicted molar refractivity (Wildman–Crippen MR) is 69.0 cm³/mol. The van der Waals surface area contributed by atoms with E-state index in [1.54, 1.807) is 0 Å². The van der Waals surface area contributed by atoms with Crippen LogP contribution in [0, 0.1) is 0 Å². The molecule has 3 heteroatoms. The average molecular weight is 241 g/mol. The first-order valence-electron chi connectivity index (χ1n) is 7.24. The van der Waals surface area contributed by atoms with Gasteiger partial charge in [0.25, 0.3) is 0 Å². The van der Waals surface area contributed by atoms with Gasteiger partial charge in [-0.25, -0.2) is 0 Å². The first-order chi connectivity index (χ1) is 8.15. The van der Waals surface area contributed by atoms with E-state index in [-0.39, 0.29) is 6.10 Å². The van der Waals surface area contributed by atoms with E-state index < -0.39 is 0 Å². The van der Waals surface area contributed by atoms with Crippen LogP contribution in [0.2, 0.25) is 0 Å². The fraction of sp³-hybridized carbons (Fsp3) is 1.00. The Labute approximate surface area is 105 Å². The second-order valence-corrected chi connectivity index (χ2v) is 5.90. The fourth-order valence-corrected chi connectivity index (χ4v) is 3.33. The Balaban J connectivity index is 1.85. The van der Waals surface area contributed by atoms with Crippen LogP contribution in [0.4, 0.5) is 0 Å². The molecule has 2 rings (SSSR count). The van der Waals surface area contributed by atoms with Gasteiger partial charge in [-0.05, 0) is 39.5 Å². The maximum atomic E-state index is 10.1. The molecule has 100 valence electrons. The van der Waals surface area contributed by atoms with Crippen LogP contribution in [0.3, 0.4) is 0 Å². The van der Waals surface area contributed by atoms with Gasteiger partial charge in [-0.2, -0.15) is 0 Å². The second-order valence-electron chi connectivity index (χ2n) is 5.90. The minimum atomic E-state index is -0.147. The van der Waals surface area contributed by atoms with Gasteiger partial charge in [-0.1, -0.05) is 19.3 Å². The van der Waals surface area contributed by atoms with Crippen LogP contribution in [0.1, 0.15) is 58.8 Å². The molecule has 2 fully saturated rings. The zero-order chi connectivity index (χ0) is 12.3. The van der Waals surface area contributed by atoms with Gasteiger partial charge in [0.15, 0.2) is 0 Å². The average Bonchev–Trinajstić information content (AvgIpc) is 2.43. The van der Waals surface area contributed by atoms with Crippen molar-refractivity contribution in [2.75, 3.05) is 0 Å². The van der Waals surface area contributed by atoms with Crippen molar-refractivity contribution < 1.29 is 9.84 Å². The van der Waals surface area contributed by atoms with E-state index in [0.717, 1.165) is 25.7 Å². The molecule has 1 saturated carbocycles. The number of hydrogen-bond acceptors (Lipinski definition) is 3. The Hall–Kier alpha value is -0.120.